The standard InChI is InChI=1S/C17H17ClF3N7O/c1-9(2)27(3)14-11(7-23-28-8-13(18)26-15(14)28)25-16(29)24-10-4-5-22-12(6-10)17(19,20)21/h4-9H,1-3H3,(H2,22,24,25,29). The van der Waals surface area contributed by atoms with E-state index in [4.69, 9.17) is 11.6 Å². The average Bonchev–Trinajstić information content (AvgIpc) is 3.00. The molecule has 2 amide bonds. The molecule has 3 aromatic heterocycles. The maximum atomic E-state index is 12.8. The predicted octanol–water partition coefficient (Wildman–Crippen LogP) is 4.29. The van der Waals surface area contributed by atoms with Crippen LogP contribution in [0.5, 0.6) is 0 Å². The number of hydrogen-bond donors (Lipinski definition) is 2. The average molecular weight is 428 g/mol. The van der Waals surface area contributed by atoms with Crippen LogP contribution in [0.1, 0.15) is 19.5 Å². The van der Waals surface area contributed by atoms with Crippen LogP contribution < -0.4 is 15.5 Å². The lowest BCUT2D eigenvalue weighted by atomic mass is 10.2. The summed E-state index contributed by atoms with van der Waals surface area (Å²) in [6.07, 6.45) is -0.715. The number of aromatic nitrogens is 4. The van der Waals surface area contributed by atoms with Crippen molar-refractivity contribution >= 4 is 40.3 Å². The molecule has 3 rings (SSSR count). The molecular formula is C17H17ClF3N7O. The summed E-state index contributed by atoms with van der Waals surface area (Å²) in [6, 6.07) is 1.31. The number of amides is 2. The summed E-state index contributed by atoms with van der Waals surface area (Å²) >= 11 is 5.97. The van der Waals surface area contributed by atoms with Crippen LogP contribution in [0.25, 0.3) is 5.65 Å². The molecule has 154 valence electrons. The van der Waals surface area contributed by atoms with Gasteiger partial charge in [0.25, 0.3) is 0 Å². The molecule has 0 radical (unpaired) electrons. The molecule has 0 atom stereocenters. The number of nitrogens with zero attached hydrogens (tertiary/aromatic N) is 5. The van der Waals surface area contributed by atoms with Crippen molar-refractivity contribution in [2.45, 2.75) is 26.1 Å². The van der Waals surface area contributed by atoms with Crippen molar-refractivity contribution in [3.8, 4) is 0 Å². The van der Waals surface area contributed by atoms with Gasteiger partial charge in [-0.2, -0.15) is 18.3 Å². The van der Waals surface area contributed by atoms with Gasteiger partial charge in [0.1, 0.15) is 16.5 Å². The molecule has 0 saturated heterocycles. The van der Waals surface area contributed by atoms with Crippen LogP contribution in [-0.4, -0.2) is 38.7 Å². The quantitative estimate of drug-likeness (QED) is 0.648. The summed E-state index contributed by atoms with van der Waals surface area (Å²) in [4.78, 5) is 21.8. The fourth-order valence-corrected chi connectivity index (χ4v) is 2.71. The number of carbonyl (C=O) groups is 1. The van der Waals surface area contributed by atoms with Crippen LogP contribution in [0.4, 0.5) is 35.0 Å². The molecule has 2 N–H and O–H groups in total. The smallest absolute Gasteiger partial charge is 0.367 e. The third-order valence-corrected chi connectivity index (χ3v) is 4.30. The Labute approximate surface area is 168 Å². The van der Waals surface area contributed by atoms with Gasteiger partial charge in [0.05, 0.1) is 18.1 Å². The van der Waals surface area contributed by atoms with E-state index in [1.807, 2.05) is 25.8 Å². The SMILES string of the molecule is CC(C)N(C)c1c(NC(=O)Nc2ccnc(C(F)(F)F)c2)cnn2cc(Cl)nc12. The van der Waals surface area contributed by atoms with Gasteiger partial charge in [0.15, 0.2) is 5.65 Å². The Morgan fingerprint density at radius 2 is 2.03 bits per heavy atom. The molecule has 29 heavy (non-hydrogen) atoms. The van der Waals surface area contributed by atoms with Crippen molar-refractivity contribution in [1.82, 2.24) is 19.6 Å². The Morgan fingerprint density at radius 1 is 1.31 bits per heavy atom. The van der Waals surface area contributed by atoms with E-state index in [0.29, 0.717) is 17.0 Å². The van der Waals surface area contributed by atoms with E-state index in [1.165, 1.54) is 23.0 Å². The monoisotopic (exact) mass is 427 g/mol. The molecule has 0 aliphatic heterocycles. The van der Waals surface area contributed by atoms with Crippen molar-refractivity contribution in [1.29, 1.82) is 0 Å². The molecule has 8 nitrogen and oxygen atoms in total. The molecule has 3 heterocycles. The highest BCUT2D eigenvalue weighted by atomic mass is 35.5. The lowest BCUT2D eigenvalue weighted by Crippen LogP contribution is -2.29. The summed E-state index contributed by atoms with van der Waals surface area (Å²) in [5.41, 5.74) is 0.140. The van der Waals surface area contributed by atoms with Gasteiger partial charge in [0, 0.05) is 25.0 Å². The van der Waals surface area contributed by atoms with Gasteiger partial charge in [-0.25, -0.2) is 14.3 Å². The fourth-order valence-electron chi connectivity index (χ4n) is 2.54. The second kappa shape index (κ2) is 7.74. The van der Waals surface area contributed by atoms with Crippen molar-refractivity contribution < 1.29 is 18.0 Å². The van der Waals surface area contributed by atoms with Crippen molar-refractivity contribution in [2.75, 3.05) is 22.6 Å². The molecule has 0 spiro atoms. The normalized spacial score (nSPS) is 11.7. The second-order valence-electron chi connectivity index (χ2n) is 6.45. The van der Waals surface area contributed by atoms with Gasteiger partial charge >= 0.3 is 12.2 Å². The minimum Gasteiger partial charge on any atom is -0.367 e. The van der Waals surface area contributed by atoms with Gasteiger partial charge in [-0.3, -0.25) is 4.98 Å². The number of urea groups is 1. The van der Waals surface area contributed by atoms with Crippen molar-refractivity contribution in [3.63, 3.8) is 0 Å². The highest BCUT2D eigenvalue weighted by Crippen LogP contribution is 2.32. The Morgan fingerprint density at radius 3 is 2.69 bits per heavy atom. The first-order valence-electron chi connectivity index (χ1n) is 8.44. The number of alkyl halides is 3. The number of rotatable bonds is 4. The van der Waals surface area contributed by atoms with Gasteiger partial charge in [-0.05, 0) is 26.0 Å². The topological polar surface area (TPSA) is 87.5 Å². The number of fused-ring (bicyclic) bond motifs is 1. The molecule has 0 saturated carbocycles. The van der Waals surface area contributed by atoms with Crippen LogP contribution >= 0.6 is 11.6 Å². The number of carbonyl (C=O) groups excluding carboxylic acids is 1. The van der Waals surface area contributed by atoms with E-state index in [1.54, 1.807) is 0 Å². The summed E-state index contributed by atoms with van der Waals surface area (Å²) < 4.78 is 39.9. The first-order chi connectivity index (χ1) is 13.6. The number of imidazole rings is 1. The number of pyridine rings is 1. The van der Waals surface area contributed by atoms with Crippen LogP contribution in [0, 0.1) is 0 Å². The minimum atomic E-state index is -4.61. The van der Waals surface area contributed by atoms with E-state index >= 15 is 0 Å². The predicted molar refractivity (Wildman–Crippen MR) is 103 cm³/mol. The molecule has 0 aliphatic rings. The lowest BCUT2D eigenvalue weighted by Gasteiger charge is -2.26. The number of halogens is 4. The fraction of sp³-hybridized carbons (Fsp3) is 0.294. The Bertz CT molecular complexity index is 1050. The van der Waals surface area contributed by atoms with Gasteiger partial charge in [0.2, 0.25) is 0 Å². The first kappa shape index (κ1) is 20.6. The molecule has 12 heteroatoms. The maximum Gasteiger partial charge on any atom is 0.433 e. The third-order valence-electron chi connectivity index (χ3n) is 4.12. The largest absolute Gasteiger partial charge is 0.433 e. The maximum absolute atomic E-state index is 12.8. The molecule has 3 aromatic rings. The Balaban J connectivity index is 1.90. The van der Waals surface area contributed by atoms with Crippen LogP contribution in [0.3, 0.4) is 0 Å². The first-order valence-corrected chi connectivity index (χ1v) is 8.82. The number of nitrogens with one attached hydrogen (secondary N) is 2. The molecule has 0 bridgehead atoms. The van der Waals surface area contributed by atoms with E-state index in [0.717, 1.165) is 12.3 Å². The zero-order valence-electron chi connectivity index (χ0n) is 15.6. The summed E-state index contributed by atoms with van der Waals surface area (Å²) in [6.45, 7) is 3.89. The van der Waals surface area contributed by atoms with E-state index in [2.05, 4.69) is 25.7 Å². The summed E-state index contributed by atoms with van der Waals surface area (Å²) in [5, 5.41) is 9.35. The van der Waals surface area contributed by atoms with Gasteiger partial charge in [-0.1, -0.05) is 11.6 Å². The molecule has 0 unspecified atom stereocenters. The van der Waals surface area contributed by atoms with Gasteiger partial charge < -0.3 is 15.5 Å². The molecule has 0 fully saturated rings. The van der Waals surface area contributed by atoms with Crippen molar-refractivity contribution in [2.24, 2.45) is 0 Å². The summed E-state index contributed by atoms with van der Waals surface area (Å²) in [7, 11) is 1.81. The van der Waals surface area contributed by atoms with Crippen LogP contribution in [-0.2, 0) is 6.18 Å². The van der Waals surface area contributed by atoms with Crippen LogP contribution in [0.15, 0.2) is 30.7 Å². The minimum absolute atomic E-state index is 0.0508. The van der Waals surface area contributed by atoms with Gasteiger partial charge in [-0.15, -0.1) is 0 Å². The lowest BCUT2D eigenvalue weighted by molar-refractivity contribution is -0.141. The number of anilines is 3. The second-order valence-corrected chi connectivity index (χ2v) is 6.84. The Kier molecular flexibility index (Phi) is 5.51. The molecule has 0 aliphatic carbocycles. The molecule has 0 aromatic carbocycles. The summed E-state index contributed by atoms with van der Waals surface area (Å²) in [5.74, 6) is 0. The van der Waals surface area contributed by atoms with Crippen LogP contribution in [0.2, 0.25) is 5.15 Å². The highest BCUT2D eigenvalue weighted by molar-refractivity contribution is 6.29. The highest BCUT2D eigenvalue weighted by Gasteiger charge is 2.32. The molecular weight excluding hydrogens is 411 g/mol. The zero-order chi connectivity index (χ0) is 21.3. The van der Waals surface area contributed by atoms with E-state index in [9.17, 15) is 18.0 Å². The van der Waals surface area contributed by atoms with E-state index in [-0.39, 0.29) is 16.9 Å². The zero-order valence-corrected chi connectivity index (χ0v) is 16.4. The third kappa shape index (κ3) is 4.50. The number of hydrogen-bond acceptors (Lipinski definition) is 5. The van der Waals surface area contributed by atoms with Crippen molar-refractivity contribution in [3.05, 3.63) is 41.6 Å². The van der Waals surface area contributed by atoms with E-state index < -0.39 is 17.9 Å². The Hall–Kier alpha value is -3.08.